The normalized spacial score (nSPS) is 18.8. The van der Waals surface area contributed by atoms with Crippen LogP contribution in [-0.2, 0) is 3.07 Å². The highest BCUT2D eigenvalue weighted by Gasteiger charge is 2.19. The fourth-order valence-corrected chi connectivity index (χ4v) is 3.75. The van der Waals surface area contributed by atoms with E-state index in [0.717, 1.165) is 10.6 Å². The monoisotopic (exact) mass is 398 g/mol. The van der Waals surface area contributed by atoms with Gasteiger partial charge in [0.25, 0.3) is 0 Å². The zero-order valence-corrected chi connectivity index (χ0v) is 13.8. The minimum Gasteiger partial charge on any atom is -0.314 e. The summed E-state index contributed by atoms with van der Waals surface area (Å²) in [5.74, 6) is 0.634. The van der Waals surface area contributed by atoms with Gasteiger partial charge in [0.2, 0.25) is 0 Å². The molecule has 1 fully saturated rings. The molecular weight excluding hydrogens is 382 g/mol. The van der Waals surface area contributed by atoms with Gasteiger partial charge in [-0.25, -0.2) is 0 Å². The molecule has 1 nitrogen and oxygen atoms in total. The summed E-state index contributed by atoms with van der Waals surface area (Å²) in [5, 5.41) is 0.735. The fraction of sp³-hybridized carbons (Fsp3) is 0.571. The lowest BCUT2D eigenvalue weighted by Gasteiger charge is -2.23. The number of rotatable bonds is 4. The molecule has 0 aromatic heterocycles. The molecule has 0 heterocycles. The molecule has 4 heteroatoms. The molecule has 1 atom stereocenters. The molecule has 100 valence electrons. The Hall–Kier alpha value is 0.490. The molecule has 1 aliphatic rings. The molecule has 1 aromatic carbocycles. The van der Waals surface area contributed by atoms with Crippen LogP contribution in [0.5, 0.6) is 0 Å². The lowest BCUT2D eigenvalue weighted by molar-refractivity contribution is 0.423. The van der Waals surface area contributed by atoms with Gasteiger partial charge in [-0.2, -0.15) is 0 Å². The molecule has 0 bridgehead atoms. The van der Waals surface area contributed by atoms with Crippen LogP contribution in [0.1, 0.15) is 54.5 Å². The molecule has 18 heavy (non-hydrogen) atoms. The second kappa shape index (κ2) is 7.32. The summed E-state index contributed by atoms with van der Waals surface area (Å²) in [7, 11) is 0. The summed E-state index contributed by atoms with van der Waals surface area (Å²) in [6.45, 7) is 0.501. The van der Waals surface area contributed by atoms with Crippen LogP contribution in [0.15, 0.2) is 18.2 Å². The largest absolute Gasteiger partial charge is 0.314 e. The number of hydrogen-bond donors (Lipinski definition) is 0. The van der Waals surface area contributed by atoms with Gasteiger partial charge in [0.05, 0.1) is 12.0 Å². The van der Waals surface area contributed by atoms with Crippen LogP contribution in [0, 0.1) is 0 Å². The van der Waals surface area contributed by atoms with Crippen molar-refractivity contribution < 1.29 is 3.07 Å². The predicted molar refractivity (Wildman–Crippen MR) is 85.8 cm³/mol. The molecule has 2 rings (SSSR count). The maximum Gasteiger partial charge on any atom is 0.109 e. The van der Waals surface area contributed by atoms with E-state index in [9.17, 15) is 0 Å². The van der Waals surface area contributed by atoms with Gasteiger partial charge >= 0.3 is 0 Å². The quantitative estimate of drug-likeness (QED) is 0.444. The predicted octanol–water partition coefficient (Wildman–Crippen LogP) is 6.03. The molecule has 0 amide bonds. The summed E-state index contributed by atoms with van der Waals surface area (Å²) in [6, 6.07) is 6.23. The Bertz CT molecular complexity index is 391. The highest BCUT2D eigenvalue weighted by molar-refractivity contribution is 14.1. The average Bonchev–Trinajstić information content (AvgIpc) is 2.40. The topological polar surface area (TPSA) is 9.23 Å². The Morgan fingerprint density at radius 2 is 2.00 bits per heavy atom. The lowest BCUT2D eigenvalue weighted by Crippen LogP contribution is -2.06. The van der Waals surface area contributed by atoms with Crippen molar-refractivity contribution in [1.82, 2.24) is 0 Å². The Labute approximate surface area is 133 Å². The molecule has 0 spiro atoms. The minimum atomic E-state index is -0.125. The molecular formula is C14H17Cl2IO. The van der Waals surface area contributed by atoms with E-state index < -0.39 is 0 Å². The Balaban J connectivity index is 2.13. The summed E-state index contributed by atoms with van der Waals surface area (Å²) < 4.78 is 5.04. The van der Waals surface area contributed by atoms with Gasteiger partial charge in [-0.05, 0) is 36.0 Å². The third kappa shape index (κ3) is 3.75. The number of halogens is 3. The zero-order chi connectivity index (χ0) is 13.0. The first-order valence-corrected chi connectivity index (χ1v) is 8.09. The standard InChI is InChI=1S/C14H17Cl2IO/c15-13-8-11(14(16)9-18-17)6-7-12(13)10-4-2-1-3-5-10/h6-8,10,14H,1-5,9H2. The maximum absolute atomic E-state index is 6.41. The first-order chi connectivity index (χ1) is 8.72. The van der Waals surface area contributed by atoms with Gasteiger partial charge in [-0.1, -0.05) is 43.0 Å². The van der Waals surface area contributed by atoms with Crippen LogP contribution < -0.4 is 0 Å². The second-order valence-electron chi connectivity index (χ2n) is 4.86. The van der Waals surface area contributed by atoms with Crippen molar-refractivity contribution in [1.29, 1.82) is 0 Å². The highest BCUT2D eigenvalue weighted by Crippen LogP contribution is 2.37. The van der Waals surface area contributed by atoms with Crippen molar-refractivity contribution in [3.8, 4) is 0 Å². The number of hydrogen-bond acceptors (Lipinski definition) is 1. The third-order valence-corrected chi connectivity index (χ3v) is 4.71. The van der Waals surface area contributed by atoms with Gasteiger partial charge in [0.1, 0.15) is 23.0 Å². The molecule has 1 saturated carbocycles. The summed E-state index contributed by atoms with van der Waals surface area (Å²) in [4.78, 5) is 0. The fourth-order valence-electron chi connectivity index (χ4n) is 2.63. The van der Waals surface area contributed by atoms with Crippen LogP contribution in [0.2, 0.25) is 5.02 Å². The van der Waals surface area contributed by atoms with Gasteiger partial charge in [-0.3, -0.25) is 0 Å². The molecule has 1 aliphatic carbocycles. The van der Waals surface area contributed by atoms with Crippen LogP contribution in [-0.4, -0.2) is 6.61 Å². The van der Waals surface area contributed by atoms with Crippen molar-refractivity contribution in [3.05, 3.63) is 34.3 Å². The molecule has 0 saturated heterocycles. The Kier molecular flexibility index (Phi) is 6.05. The van der Waals surface area contributed by atoms with E-state index in [4.69, 9.17) is 26.3 Å². The van der Waals surface area contributed by atoms with Gasteiger partial charge in [-0.15, -0.1) is 11.6 Å². The number of benzene rings is 1. The van der Waals surface area contributed by atoms with Crippen molar-refractivity contribution in [2.45, 2.75) is 43.4 Å². The van der Waals surface area contributed by atoms with E-state index in [-0.39, 0.29) is 5.38 Å². The van der Waals surface area contributed by atoms with Crippen LogP contribution in [0.4, 0.5) is 0 Å². The number of alkyl halides is 1. The summed E-state index contributed by atoms with van der Waals surface area (Å²) in [6.07, 6.45) is 6.54. The van der Waals surface area contributed by atoms with Gasteiger partial charge < -0.3 is 3.07 Å². The second-order valence-corrected chi connectivity index (χ2v) is 6.42. The van der Waals surface area contributed by atoms with Crippen molar-refractivity contribution in [2.75, 3.05) is 6.61 Å². The van der Waals surface area contributed by atoms with E-state index in [1.807, 2.05) is 29.1 Å². The van der Waals surface area contributed by atoms with Gasteiger partial charge in [0, 0.05) is 5.02 Å². The van der Waals surface area contributed by atoms with E-state index in [1.54, 1.807) is 0 Å². The van der Waals surface area contributed by atoms with Crippen LogP contribution >= 0.6 is 46.2 Å². The van der Waals surface area contributed by atoms with E-state index in [0.29, 0.717) is 12.5 Å². The molecule has 1 aromatic rings. The van der Waals surface area contributed by atoms with Crippen molar-refractivity contribution in [3.63, 3.8) is 0 Å². The molecule has 0 radical (unpaired) electrons. The first-order valence-electron chi connectivity index (χ1n) is 6.39. The first kappa shape index (κ1) is 14.9. The highest BCUT2D eigenvalue weighted by atomic mass is 127. The zero-order valence-electron chi connectivity index (χ0n) is 10.2. The SMILES string of the molecule is Clc1cc(C(Cl)COI)ccc1C1CCCCC1. The molecule has 0 aliphatic heterocycles. The molecule has 0 N–H and O–H groups in total. The average molecular weight is 399 g/mol. The summed E-state index contributed by atoms with van der Waals surface area (Å²) >= 11 is 14.5. The summed E-state index contributed by atoms with van der Waals surface area (Å²) in [5.41, 5.74) is 2.33. The van der Waals surface area contributed by atoms with Gasteiger partial charge in [0.15, 0.2) is 0 Å². The van der Waals surface area contributed by atoms with E-state index >= 15 is 0 Å². The van der Waals surface area contributed by atoms with Crippen molar-refractivity contribution in [2.24, 2.45) is 0 Å². The van der Waals surface area contributed by atoms with E-state index in [1.165, 1.54) is 37.7 Å². The Morgan fingerprint density at radius 3 is 2.61 bits per heavy atom. The smallest absolute Gasteiger partial charge is 0.109 e. The third-order valence-electron chi connectivity index (χ3n) is 3.64. The Morgan fingerprint density at radius 1 is 1.28 bits per heavy atom. The molecule has 1 unspecified atom stereocenters. The maximum atomic E-state index is 6.41. The van der Waals surface area contributed by atoms with Crippen LogP contribution in [0.25, 0.3) is 0 Å². The van der Waals surface area contributed by atoms with E-state index in [2.05, 4.69) is 12.1 Å². The van der Waals surface area contributed by atoms with Crippen LogP contribution in [0.3, 0.4) is 0 Å². The minimum absolute atomic E-state index is 0.125. The van der Waals surface area contributed by atoms with Crippen molar-refractivity contribution >= 4 is 46.2 Å². The lowest BCUT2D eigenvalue weighted by atomic mass is 9.84.